The van der Waals surface area contributed by atoms with Gasteiger partial charge in [0, 0.05) is 18.4 Å². The zero-order valence-corrected chi connectivity index (χ0v) is 10.0. The van der Waals surface area contributed by atoms with Gasteiger partial charge in [0.25, 0.3) is 0 Å². The van der Waals surface area contributed by atoms with E-state index in [1.54, 1.807) is 0 Å². The number of imide groups is 1. The Bertz CT molecular complexity index is 242. The first kappa shape index (κ1) is 12.2. The van der Waals surface area contributed by atoms with Gasteiger partial charge in [0.2, 0.25) is 11.8 Å². The number of carbonyl (C=O) groups excluding carboxylic acids is 2. The molecule has 0 aromatic carbocycles. The maximum absolute atomic E-state index is 11.6. The molecule has 1 heterocycles. The third-order valence-corrected chi connectivity index (χ3v) is 3.05. The van der Waals surface area contributed by atoms with Gasteiger partial charge in [-0.2, -0.15) is 0 Å². The average Bonchev–Trinajstić information content (AvgIpc) is 2.46. The Morgan fingerprint density at radius 2 is 1.67 bits per heavy atom. The van der Waals surface area contributed by atoms with Gasteiger partial charge in [-0.15, -0.1) is 0 Å². The average molecular weight is 211 g/mol. The van der Waals surface area contributed by atoms with Crippen molar-refractivity contribution in [3.8, 4) is 0 Å². The number of likely N-dealkylation sites (tertiary alicyclic amines) is 1. The van der Waals surface area contributed by atoms with Crippen molar-refractivity contribution in [2.24, 2.45) is 0 Å². The molecule has 2 amide bonds. The van der Waals surface area contributed by atoms with Crippen LogP contribution < -0.4 is 0 Å². The maximum atomic E-state index is 11.6. The van der Waals surface area contributed by atoms with Gasteiger partial charge in [-0.3, -0.25) is 14.5 Å². The second kappa shape index (κ2) is 4.77. The summed E-state index contributed by atoms with van der Waals surface area (Å²) in [6.07, 6.45) is 5.13. The van der Waals surface area contributed by atoms with Crippen molar-refractivity contribution < 1.29 is 9.59 Å². The molecule has 1 rings (SSSR count). The van der Waals surface area contributed by atoms with Crippen LogP contribution in [0.3, 0.4) is 0 Å². The lowest BCUT2D eigenvalue weighted by atomic mass is 9.95. The fourth-order valence-corrected chi connectivity index (χ4v) is 2.17. The van der Waals surface area contributed by atoms with Crippen LogP contribution in [-0.4, -0.2) is 22.3 Å². The summed E-state index contributed by atoms with van der Waals surface area (Å²) in [6, 6.07) is 0. The van der Waals surface area contributed by atoms with Crippen LogP contribution in [0.5, 0.6) is 0 Å². The Kier molecular flexibility index (Phi) is 3.89. The molecule has 0 spiro atoms. The van der Waals surface area contributed by atoms with E-state index in [0.717, 1.165) is 19.3 Å². The van der Waals surface area contributed by atoms with E-state index >= 15 is 0 Å². The lowest BCUT2D eigenvalue weighted by Gasteiger charge is -2.34. The van der Waals surface area contributed by atoms with Crippen molar-refractivity contribution >= 4 is 11.8 Å². The number of hydrogen-bond donors (Lipinski definition) is 0. The molecule has 15 heavy (non-hydrogen) atoms. The van der Waals surface area contributed by atoms with Crippen LogP contribution >= 0.6 is 0 Å². The van der Waals surface area contributed by atoms with Crippen molar-refractivity contribution in [1.29, 1.82) is 0 Å². The topological polar surface area (TPSA) is 37.4 Å². The van der Waals surface area contributed by atoms with E-state index in [0.29, 0.717) is 12.8 Å². The zero-order chi connectivity index (χ0) is 11.5. The molecule has 1 aliphatic rings. The van der Waals surface area contributed by atoms with Crippen LogP contribution in [0, 0.1) is 0 Å². The third-order valence-electron chi connectivity index (χ3n) is 3.05. The summed E-state index contributed by atoms with van der Waals surface area (Å²) in [5.74, 6) is 0.00277. The van der Waals surface area contributed by atoms with Gasteiger partial charge in [-0.1, -0.05) is 26.2 Å². The number of unbranched alkanes of at least 4 members (excludes halogenated alkanes) is 2. The molecule has 0 N–H and O–H groups in total. The molecule has 3 nitrogen and oxygen atoms in total. The highest BCUT2D eigenvalue weighted by molar-refractivity contribution is 6.02. The van der Waals surface area contributed by atoms with E-state index in [1.165, 1.54) is 11.3 Å². The zero-order valence-electron chi connectivity index (χ0n) is 10.0. The van der Waals surface area contributed by atoms with Gasteiger partial charge in [-0.25, -0.2) is 0 Å². The predicted octanol–water partition coefficient (Wildman–Crippen LogP) is 2.49. The molecule has 0 saturated carbocycles. The van der Waals surface area contributed by atoms with E-state index in [4.69, 9.17) is 0 Å². The van der Waals surface area contributed by atoms with E-state index in [9.17, 15) is 9.59 Å². The molecule has 0 unspecified atom stereocenters. The lowest BCUT2D eigenvalue weighted by Crippen LogP contribution is -2.47. The standard InChI is InChI=1S/C12H21NO2/c1-4-5-6-9-12(2,3)13-10(14)7-8-11(13)15/h4-9H2,1-3H3. The number of carbonyl (C=O) groups is 2. The largest absolute Gasteiger partial charge is 0.277 e. The Balaban J connectivity index is 2.59. The minimum Gasteiger partial charge on any atom is -0.277 e. The summed E-state index contributed by atoms with van der Waals surface area (Å²) in [7, 11) is 0. The molecular formula is C12H21NO2. The molecule has 0 radical (unpaired) electrons. The van der Waals surface area contributed by atoms with E-state index < -0.39 is 0 Å². The molecule has 0 aliphatic carbocycles. The van der Waals surface area contributed by atoms with Crippen LogP contribution in [-0.2, 0) is 9.59 Å². The molecule has 0 aromatic heterocycles. The molecule has 1 saturated heterocycles. The summed E-state index contributed by atoms with van der Waals surface area (Å²) < 4.78 is 0. The Morgan fingerprint density at radius 3 is 2.13 bits per heavy atom. The van der Waals surface area contributed by atoms with Crippen LogP contribution in [0.15, 0.2) is 0 Å². The molecule has 0 atom stereocenters. The third kappa shape index (κ3) is 2.80. The van der Waals surface area contributed by atoms with Crippen molar-refractivity contribution in [1.82, 2.24) is 4.90 Å². The summed E-state index contributed by atoms with van der Waals surface area (Å²) in [5.41, 5.74) is -0.292. The van der Waals surface area contributed by atoms with Crippen molar-refractivity contribution in [2.75, 3.05) is 0 Å². The van der Waals surface area contributed by atoms with Gasteiger partial charge in [0.15, 0.2) is 0 Å². The fraction of sp³-hybridized carbons (Fsp3) is 0.833. The Hall–Kier alpha value is -0.860. The second-order valence-corrected chi connectivity index (χ2v) is 4.89. The second-order valence-electron chi connectivity index (χ2n) is 4.89. The minimum absolute atomic E-state index is 0.00139. The van der Waals surface area contributed by atoms with Gasteiger partial charge in [0.05, 0.1) is 0 Å². The Labute approximate surface area is 91.8 Å². The highest BCUT2D eigenvalue weighted by Crippen LogP contribution is 2.27. The number of amides is 2. The van der Waals surface area contributed by atoms with Crippen molar-refractivity contribution in [3.63, 3.8) is 0 Å². The van der Waals surface area contributed by atoms with Gasteiger partial charge in [-0.05, 0) is 20.3 Å². The predicted molar refractivity (Wildman–Crippen MR) is 59.3 cm³/mol. The normalized spacial score (nSPS) is 17.7. The highest BCUT2D eigenvalue weighted by atomic mass is 16.2. The SMILES string of the molecule is CCCCCC(C)(C)N1C(=O)CCC1=O. The molecule has 1 fully saturated rings. The molecule has 86 valence electrons. The first-order chi connectivity index (χ1) is 6.99. The first-order valence-electron chi connectivity index (χ1n) is 5.85. The first-order valence-corrected chi connectivity index (χ1v) is 5.85. The van der Waals surface area contributed by atoms with E-state index in [1.807, 2.05) is 13.8 Å². The number of hydrogen-bond acceptors (Lipinski definition) is 2. The lowest BCUT2D eigenvalue weighted by molar-refractivity contribution is -0.144. The van der Waals surface area contributed by atoms with Crippen LogP contribution in [0.4, 0.5) is 0 Å². The quantitative estimate of drug-likeness (QED) is 0.517. The fourth-order valence-electron chi connectivity index (χ4n) is 2.17. The summed E-state index contributed by atoms with van der Waals surface area (Å²) in [6.45, 7) is 6.13. The van der Waals surface area contributed by atoms with Gasteiger partial charge >= 0.3 is 0 Å². The van der Waals surface area contributed by atoms with E-state index in [2.05, 4.69) is 6.92 Å². The number of nitrogens with zero attached hydrogens (tertiary/aromatic N) is 1. The molecule has 0 aromatic rings. The smallest absolute Gasteiger partial charge is 0.230 e. The minimum atomic E-state index is -0.292. The monoisotopic (exact) mass is 211 g/mol. The Morgan fingerprint density at radius 1 is 1.13 bits per heavy atom. The summed E-state index contributed by atoms with van der Waals surface area (Å²) in [4.78, 5) is 24.6. The van der Waals surface area contributed by atoms with Crippen LogP contribution in [0.2, 0.25) is 0 Å². The number of rotatable bonds is 5. The molecular weight excluding hydrogens is 190 g/mol. The highest BCUT2D eigenvalue weighted by Gasteiger charge is 2.39. The molecule has 0 bridgehead atoms. The van der Waals surface area contributed by atoms with Crippen molar-refractivity contribution in [2.45, 2.75) is 64.8 Å². The summed E-state index contributed by atoms with van der Waals surface area (Å²) in [5, 5.41) is 0. The van der Waals surface area contributed by atoms with Gasteiger partial charge in [0.1, 0.15) is 0 Å². The van der Waals surface area contributed by atoms with Crippen LogP contribution in [0.1, 0.15) is 59.3 Å². The van der Waals surface area contributed by atoms with Crippen LogP contribution in [0.25, 0.3) is 0 Å². The van der Waals surface area contributed by atoms with E-state index in [-0.39, 0.29) is 17.4 Å². The summed E-state index contributed by atoms with van der Waals surface area (Å²) >= 11 is 0. The van der Waals surface area contributed by atoms with Crippen molar-refractivity contribution in [3.05, 3.63) is 0 Å². The molecule has 3 heteroatoms. The van der Waals surface area contributed by atoms with Gasteiger partial charge < -0.3 is 0 Å². The maximum Gasteiger partial charge on any atom is 0.230 e. The molecule has 1 aliphatic heterocycles.